The van der Waals surface area contributed by atoms with E-state index >= 15 is 0 Å². The highest BCUT2D eigenvalue weighted by atomic mass is 35.5. The van der Waals surface area contributed by atoms with E-state index in [1.807, 2.05) is 40.7 Å². The van der Waals surface area contributed by atoms with Crippen LogP contribution in [0.3, 0.4) is 0 Å². The lowest BCUT2D eigenvalue weighted by molar-refractivity contribution is -0.126. The molecule has 7 heteroatoms. The molecular weight excluding hydrogens is 445 g/mol. The van der Waals surface area contributed by atoms with Crippen LogP contribution < -0.4 is 5.32 Å². The summed E-state index contributed by atoms with van der Waals surface area (Å²) in [7, 11) is 0. The Balaban J connectivity index is 1.52. The first-order chi connectivity index (χ1) is 15.4. The van der Waals surface area contributed by atoms with E-state index in [-0.39, 0.29) is 23.2 Å². The molecule has 1 amide bonds. The average molecular weight is 470 g/mol. The Labute approximate surface area is 196 Å². The van der Waals surface area contributed by atoms with Gasteiger partial charge in [-0.25, -0.2) is 9.07 Å². The zero-order valence-electron chi connectivity index (χ0n) is 17.9. The van der Waals surface area contributed by atoms with Crippen LogP contribution >= 0.6 is 23.4 Å². The minimum Gasteiger partial charge on any atom is -0.350 e. The summed E-state index contributed by atoms with van der Waals surface area (Å²) >= 11 is 8.39. The number of halogens is 2. The Bertz CT molecular complexity index is 1150. The molecule has 2 heterocycles. The maximum Gasteiger partial charge on any atom is 0.223 e. The van der Waals surface area contributed by atoms with Gasteiger partial charge in [-0.3, -0.25) is 4.79 Å². The molecule has 1 aliphatic carbocycles. The van der Waals surface area contributed by atoms with Gasteiger partial charge in [-0.1, -0.05) is 29.8 Å². The molecule has 1 N–H and O–H groups in total. The summed E-state index contributed by atoms with van der Waals surface area (Å²) in [6, 6.07) is 14.0. The van der Waals surface area contributed by atoms with Gasteiger partial charge in [-0.05, 0) is 62.3 Å². The van der Waals surface area contributed by atoms with Gasteiger partial charge in [0.2, 0.25) is 5.91 Å². The lowest BCUT2D eigenvalue weighted by Crippen LogP contribution is -2.49. The number of hydrogen-bond donors (Lipinski definition) is 1. The molecule has 2 unspecified atom stereocenters. The topological polar surface area (TPSA) is 46.9 Å². The van der Waals surface area contributed by atoms with Crippen LogP contribution in [0.15, 0.2) is 48.5 Å². The highest BCUT2D eigenvalue weighted by Gasteiger charge is 2.36. The molecule has 3 aromatic rings. The molecule has 0 saturated carbocycles. The van der Waals surface area contributed by atoms with Gasteiger partial charge in [0, 0.05) is 40.5 Å². The molecule has 1 aromatic heterocycles. The third-order valence-corrected chi connectivity index (χ3v) is 8.15. The van der Waals surface area contributed by atoms with E-state index in [1.165, 1.54) is 12.1 Å². The quantitative estimate of drug-likeness (QED) is 0.552. The smallest absolute Gasteiger partial charge is 0.223 e. The summed E-state index contributed by atoms with van der Waals surface area (Å²) in [5.74, 6) is 1.76. The molecule has 2 aromatic carbocycles. The predicted octanol–water partition coefficient (Wildman–Crippen LogP) is 5.45. The Morgan fingerprint density at radius 1 is 1.25 bits per heavy atom. The maximum atomic E-state index is 13.6. The maximum absolute atomic E-state index is 13.6. The van der Waals surface area contributed by atoms with Crippen molar-refractivity contribution in [2.75, 3.05) is 11.5 Å². The van der Waals surface area contributed by atoms with Gasteiger partial charge in [-0.2, -0.15) is 16.9 Å². The fraction of sp³-hybridized carbons (Fsp3) is 0.360. The summed E-state index contributed by atoms with van der Waals surface area (Å²) in [6.45, 7) is 2.14. The van der Waals surface area contributed by atoms with Crippen LogP contribution in [0.4, 0.5) is 4.39 Å². The van der Waals surface area contributed by atoms with Crippen LogP contribution in [-0.4, -0.2) is 32.7 Å². The fourth-order valence-corrected chi connectivity index (χ4v) is 6.30. The van der Waals surface area contributed by atoms with Crippen molar-refractivity contribution in [1.29, 1.82) is 0 Å². The van der Waals surface area contributed by atoms with Crippen molar-refractivity contribution in [1.82, 2.24) is 15.1 Å². The Morgan fingerprint density at radius 3 is 2.75 bits per heavy atom. The Kier molecular flexibility index (Phi) is 5.76. The fourth-order valence-electron chi connectivity index (χ4n) is 4.67. The van der Waals surface area contributed by atoms with Gasteiger partial charge in [0.05, 0.1) is 16.4 Å². The second-order valence-corrected chi connectivity index (χ2v) is 10.4. The average Bonchev–Trinajstić information content (AvgIpc) is 3.38. The van der Waals surface area contributed by atoms with Crippen molar-refractivity contribution < 1.29 is 9.18 Å². The van der Waals surface area contributed by atoms with Crippen LogP contribution in [0, 0.1) is 11.7 Å². The number of amides is 1. The van der Waals surface area contributed by atoms with Crippen molar-refractivity contribution in [2.24, 2.45) is 5.92 Å². The number of hydrogen-bond acceptors (Lipinski definition) is 3. The van der Waals surface area contributed by atoms with E-state index in [1.54, 1.807) is 12.1 Å². The molecule has 1 aliphatic heterocycles. The number of nitrogens with zero attached hydrogens (tertiary/aromatic N) is 2. The zero-order valence-corrected chi connectivity index (χ0v) is 19.5. The Morgan fingerprint density at radius 2 is 2.03 bits per heavy atom. The van der Waals surface area contributed by atoms with Gasteiger partial charge in [0.1, 0.15) is 5.82 Å². The minimum atomic E-state index is -0.291. The molecule has 32 heavy (non-hydrogen) atoms. The van der Waals surface area contributed by atoms with Gasteiger partial charge in [0.15, 0.2) is 0 Å². The molecule has 4 nitrogen and oxygen atoms in total. The second-order valence-electron chi connectivity index (χ2n) is 8.93. The van der Waals surface area contributed by atoms with Crippen LogP contribution in [0.2, 0.25) is 5.02 Å². The van der Waals surface area contributed by atoms with Gasteiger partial charge in [-0.15, -0.1) is 0 Å². The van der Waals surface area contributed by atoms with Crippen LogP contribution in [0.25, 0.3) is 16.9 Å². The molecule has 1 fully saturated rings. The van der Waals surface area contributed by atoms with Crippen molar-refractivity contribution in [3.8, 4) is 16.9 Å². The second kappa shape index (κ2) is 8.56. The molecule has 0 radical (unpaired) electrons. The number of nitrogens with one attached hydrogen (secondary N) is 1. The molecule has 0 spiro atoms. The summed E-state index contributed by atoms with van der Waals surface area (Å²) in [5, 5.41) is 8.86. The number of carbonyl (C=O) groups is 1. The van der Waals surface area contributed by atoms with Crippen LogP contribution in [0.1, 0.15) is 31.0 Å². The number of aromatic nitrogens is 2. The number of thioether (sulfide) groups is 1. The van der Waals surface area contributed by atoms with Gasteiger partial charge in [0.25, 0.3) is 0 Å². The Hall–Kier alpha value is -2.31. The van der Waals surface area contributed by atoms with Crippen LogP contribution in [0.5, 0.6) is 0 Å². The van der Waals surface area contributed by atoms with E-state index in [9.17, 15) is 9.18 Å². The number of fused-ring (bicyclic) bond motifs is 1. The molecule has 166 valence electrons. The monoisotopic (exact) mass is 469 g/mol. The van der Waals surface area contributed by atoms with Crippen molar-refractivity contribution >= 4 is 29.3 Å². The van der Waals surface area contributed by atoms with E-state index in [0.29, 0.717) is 11.4 Å². The van der Waals surface area contributed by atoms with E-state index in [0.717, 1.165) is 59.0 Å². The van der Waals surface area contributed by atoms with Gasteiger partial charge < -0.3 is 5.32 Å². The largest absolute Gasteiger partial charge is 0.350 e. The highest BCUT2D eigenvalue weighted by Crippen LogP contribution is 2.38. The lowest BCUT2D eigenvalue weighted by Gasteiger charge is -2.29. The van der Waals surface area contributed by atoms with Crippen molar-refractivity contribution in [3.05, 3.63) is 70.6 Å². The molecule has 5 rings (SSSR count). The third-order valence-electron chi connectivity index (χ3n) is 6.49. The summed E-state index contributed by atoms with van der Waals surface area (Å²) < 4.78 is 15.4. The highest BCUT2D eigenvalue weighted by molar-refractivity contribution is 7.99. The molecule has 2 aliphatic rings. The first-order valence-electron chi connectivity index (χ1n) is 10.9. The SMILES string of the molecule is CC1(NC(=O)C2CCc3c(-c4ccccc4Cl)nn(-c4ccc(F)cc4)c3C2)CCSC1. The number of rotatable bonds is 4. The number of carbonyl (C=O) groups excluding carboxylic acids is 1. The summed E-state index contributed by atoms with van der Waals surface area (Å²) in [6.07, 6.45) is 3.13. The lowest BCUT2D eigenvalue weighted by atomic mass is 9.84. The molecule has 0 bridgehead atoms. The summed E-state index contributed by atoms with van der Waals surface area (Å²) in [4.78, 5) is 13.2. The third kappa shape index (κ3) is 4.06. The van der Waals surface area contributed by atoms with E-state index in [2.05, 4.69) is 12.2 Å². The summed E-state index contributed by atoms with van der Waals surface area (Å²) in [5.41, 5.74) is 4.50. The number of benzene rings is 2. The van der Waals surface area contributed by atoms with Crippen molar-refractivity contribution in [2.45, 2.75) is 38.1 Å². The zero-order chi connectivity index (χ0) is 22.3. The molecule has 2 atom stereocenters. The van der Waals surface area contributed by atoms with E-state index < -0.39 is 0 Å². The normalized spacial score (nSPS) is 22.5. The predicted molar refractivity (Wildman–Crippen MR) is 128 cm³/mol. The molecule has 1 saturated heterocycles. The molecular formula is C25H25ClFN3OS. The minimum absolute atomic E-state index is 0.111. The van der Waals surface area contributed by atoms with Crippen molar-refractivity contribution in [3.63, 3.8) is 0 Å². The van der Waals surface area contributed by atoms with Gasteiger partial charge >= 0.3 is 0 Å². The van der Waals surface area contributed by atoms with E-state index in [4.69, 9.17) is 16.7 Å². The first kappa shape index (κ1) is 21.5. The standard InChI is InChI=1S/C25H25ClFN3OS/c1-25(12-13-32-15-25)28-24(31)16-6-11-20-22(14-16)30(18-9-7-17(27)8-10-18)29-23(20)19-4-2-3-5-21(19)26/h2-5,7-10,16H,6,11-15H2,1H3,(H,28,31). The first-order valence-corrected chi connectivity index (χ1v) is 12.5. The van der Waals surface area contributed by atoms with Crippen LogP contribution in [-0.2, 0) is 17.6 Å².